The Hall–Kier alpha value is -3.02. The highest BCUT2D eigenvalue weighted by Gasteiger charge is 2.34. The molecule has 1 aromatic heterocycles. The van der Waals surface area contributed by atoms with Crippen LogP contribution in [-0.2, 0) is 0 Å². The first-order valence-electron chi connectivity index (χ1n) is 8.59. The van der Waals surface area contributed by atoms with Crippen molar-refractivity contribution in [3.8, 4) is 11.4 Å². The molecule has 0 spiro atoms. The van der Waals surface area contributed by atoms with Gasteiger partial charge < -0.3 is 9.42 Å². The van der Waals surface area contributed by atoms with Gasteiger partial charge >= 0.3 is 0 Å². The molecule has 132 valence electrons. The second-order valence-electron chi connectivity index (χ2n) is 6.49. The van der Waals surface area contributed by atoms with Crippen LogP contribution in [0, 0.1) is 12.7 Å². The lowest BCUT2D eigenvalue weighted by atomic mass is 10.1. The third-order valence-corrected chi connectivity index (χ3v) is 4.64. The van der Waals surface area contributed by atoms with E-state index in [9.17, 15) is 9.18 Å². The molecule has 0 aliphatic carbocycles. The van der Waals surface area contributed by atoms with Crippen LogP contribution in [0.25, 0.3) is 11.4 Å². The first-order chi connectivity index (χ1) is 12.6. The van der Waals surface area contributed by atoms with Crippen LogP contribution in [0.5, 0.6) is 0 Å². The van der Waals surface area contributed by atoms with Crippen LogP contribution in [0.1, 0.15) is 40.7 Å². The van der Waals surface area contributed by atoms with E-state index < -0.39 is 0 Å². The maximum atomic E-state index is 13.1. The average molecular weight is 351 g/mol. The molecule has 1 fully saturated rings. The Kier molecular flexibility index (Phi) is 4.24. The molecule has 5 nitrogen and oxygen atoms in total. The van der Waals surface area contributed by atoms with Gasteiger partial charge in [-0.1, -0.05) is 22.9 Å². The minimum absolute atomic E-state index is 0.0333. The molecule has 2 aromatic carbocycles. The highest BCUT2D eigenvalue weighted by Crippen LogP contribution is 2.33. The summed E-state index contributed by atoms with van der Waals surface area (Å²) in [6.07, 6.45) is 1.67. The first-order valence-corrected chi connectivity index (χ1v) is 8.59. The summed E-state index contributed by atoms with van der Waals surface area (Å²) < 4.78 is 18.5. The van der Waals surface area contributed by atoms with Gasteiger partial charge in [0, 0.05) is 17.7 Å². The number of benzene rings is 2. The second kappa shape index (κ2) is 6.71. The minimum atomic E-state index is -0.317. The van der Waals surface area contributed by atoms with Crippen LogP contribution >= 0.6 is 0 Å². The van der Waals surface area contributed by atoms with Crippen molar-refractivity contribution in [3.05, 3.63) is 71.4 Å². The number of carbonyl (C=O) groups excluding carboxylic acids is 1. The zero-order chi connectivity index (χ0) is 18.1. The number of nitrogens with zero attached hydrogens (tertiary/aromatic N) is 3. The molecule has 1 atom stereocenters. The van der Waals surface area contributed by atoms with Gasteiger partial charge in [-0.2, -0.15) is 4.98 Å². The molecule has 26 heavy (non-hydrogen) atoms. The Morgan fingerprint density at radius 2 is 1.88 bits per heavy atom. The van der Waals surface area contributed by atoms with Gasteiger partial charge in [0.15, 0.2) is 0 Å². The van der Waals surface area contributed by atoms with Gasteiger partial charge in [0.25, 0.3) is 5.91 Å². The number of aryl methyl sites for hydroxylation is 1. The Morgan fingerprint density at radius 1 is 1.15 bits per heavy atom. The van der Waals surface area contributed by atoms with Crippen molar-refractivity contribution in [1.29, 1.82) is 0 Å². The van der Waals surface area contributed by atoms with E-state index in [4.69, 9.17) is 4.52 Å². The Bertz CT molecular complexity index is 919. The number of carbonyl (C=O) groups is 1. The normalized spacial score (nSPS) is 16.8. The van der Waals surface area contributed by atoms with Gasteiger partial charge in [-0.05, 0) is 56.2 Å². The molecule has 0 saturated carbocycles. The third kappa shape index (κ3) is 3.10. The standard InChI is InChI=1S/C20H18FN3O2/c1-13-4-6-15(7-5-13)20(25)24-12-2-3-17(24)19-22-18(23-26-19)14-8-10-16(21)11-9-14/h4-11,17H,2-3,12H2,1H3. The van der Waals surface area contributed by atoms with Gasteiger partial charge in [0.2, 0.25) is 11.7 Å². The summed E-state index contributed by atoms with van der Waals surface area (Å²) in [5, 5.41) is 3.99. The molecule has 3 aromatic rings. The molecule has 2 heterocycles. The lowest BCUT2D eigenvalue weighted by Crippen LogP contribution is -2.30. The van der Waals surface area contributed by atoms with Gasteiger partial charge in [-0.3, -0.25) is 4.79 Å². The predicted octanol–water partition coefficient (Wildman–Crippen LogP) is 4.16. The number of hydrogen-bond acceptors (Lipinski definition) is 4. The maximum absolute atomic E-state index is 13.1. The molecule has 4 rings (SSSR count). The fourth-order valence-corrected chi connectivity index (χ4v) is 3.22. The lowest BCUT2D eigenvalue weighted by molar-refractivity contribution is 0.0710. The van der Waals surface area contributed by atoms with Gasteiger partial charge in [-0.25, -0.2) is 4.39 Å². The van der Waals surface area contributed by atoms with Crippen molar-refractivity contribution in [1.82, 2.24) is 15.0 Å². The molecule has 6 heteroatoms. The number of halogens is 1. The van der Waals surface area contributed by atoms with Crippen molar-refractivity contribution in [2.45, 2.75) is 25.8 Å². The molecule has 0 bridgehead atoms. The largest absolute Gasteiger partial charge is 0.337 e. The van der Waals surface area contributed by atoms with Crippen LogP contribution in [0.4, 0.5) is 4.39 Å². The second-order valence-corrected chi connectivity index (χ2v) is 6.49. The number of likely N-dealkylation sites (tertiary alicyclic amines) is 1. The summed E-state index contributed by atoms with van der Waals surface area (Å²) in [6, 6.07) is 13.2. The molecular formula is C20H18FN3O2. The van der Waals surface area contributed by atoms with E-state index in [1.807, 2.05) is 31.2 Å². The zero-order valence-electron chi connectivity index (χ0n) is 14.4. The summed E-state index contributed by atoms with van der Waals surface area (Å²) in [5.74, 6) is 0.467. The van der Waals surface area contributed by atoms with Crippen molar-refractivity contribution in [2.24, 2.45) is 0 Å². The van der Waals surface area contributed by atoms with E-state index in [0.717, 1.165) is 18.4 Å². The van der Waals surface area contributed by atoms with Crippen molar-refractivity contribution in [3.63, 3.8) is 0 Å². The molecule has 1 amide bonds. The molecule has 1 aliphatic heterocycles. The Labute approximate surface area is 150 Å². The molecule has 1 saturated heterocycles. The molecule has 0 radical (unpaired) electrons. The highest BCUT2D eigenvalue weighted by molar-refractivity contribution is 5.94. The van der Waals surface area contributed by atoms with Crippen LogP contribution in [0.15, 0.2) is 53.1 Å². The summed E-state index contributed by atoms with van der Waals surface area (Å²) in [7, 11) is 0. The topological polar surface area (TPSA) is 59.2 Å². The maximum Gasteiger partial charge on any atom is 0.254 e. The molecule has 0 N–H and O–H groups in total. The fourth-order valence-electron chi connectivity index (χ4n) is 3.22. The van der Waals surface area contributed by atoms with E-state index >= 15 is 0 Å². The monoisotopic (exact) mass is 351 g/mol. The van der Waals surface area contributed by atoms with E-state index in [1.54, 1.807) is 17.0 Å². The van der Waals surface area contributed by atoms with Crippen LogP contribution in [0.2, 0.25) is 0 Å². The van der Waals surface area contributed by atoms with Crippen molar-refractivity contribution < 1.29 is 13.7 Å². The fraction of sp³-hybridized carbons (Fsp3) is 0.250. The smallest absolute Gasteiger partial charge is 0.254 e. The van der Waals surface area contributed by atoms with E-state index in [0.29, 0.717) is 29.4 Å². The van der Waals surface area contributed by atoms with Crippen LogP contribution in [-0.4, -0.2) is 27.5 Å². The lowest BCUT2D eigenvalue weighted by Gasteiger charge is -2.22. The summed E-state index contributed by atoms with van der Waals surface area (Å²) in [6.45, 7) is 2.65. The Balaban J connectivity index is 1.58. The van der Waals surface area contributed by atoms with E-state index in [1.165, 1.54) is 12.1 Å². The van der Waals surface area contributed by atoms with Crippen LogP contribution in [0.3, 0.4) is 0 Å². The highest BCUT2D eigenvalue weighted by atomic mass is 19.1. The molecule has 1 aliphatic rings. The molecular weight excluding hydrogens is 333 g/mol. The Morgan fingerprint density at radius 3 is 2.62 bits per heavy atom. The number of amides is 1. The number of rotatable bonds is 3. The van der Waals surface area contributed by atoms with Crippen molar-refractivity contribution in [2.75, 3.05) is 6.54 Å². The predicted molar refractivity (Wildman–Crippen MR) is 93.9 cm³/mol. The summed E-state index contributed by atoms with van der Waals surface area (Å²) in [5.41, 5.74) is 2.44. The quantitative estimate of drug-likeness (QED) is 0.711. The van der Waals surface area contributed by atoms with E-state index in [2.05, 4.69) is 10.1 Å². The third-order valence-electron chi connectivity index (χ3n) is 4.64. The SMILES string of the molecule is Cc1ccc(C(=O)N2CCCC2c2nc(-c3ccc(F)cc3)no2)cc1. The molecule has 1 unspecified atom stereocenters. The van der Waals surface area contributed by atoms with Gasteiger partial charge in [0.05, 0.1) is 0 Å². The average Bonchev–Trinajstić information content (AvgIpc) is 3.31. The summed E-state index contributed by atoms with van der Waals surface area (Å²) in [4.78, 5) is 19.1. The van der Waals surface area contributed by atoms with Gasteiger partial charge in [-0.15, -0.1) is 0 Å². The zero-order valence-corrected chi connectivity index (χ0v) is 14.4. The first kappa shape index (κ1) is 16.4. The van der Waals surface area contributed by atoms with E-state index in [-0.39, 0.29) is 17.8 Å². The van der Waals surface area contributed by atoms with Crippen LogP contribution < -0.4 is 0 Å². The number of hydrogen-bond donors (Lipinski definition) is 0. The van der Waals surface area contributed by atoms with Gasteiger partial charge in [0.1, 0.15) is 11.9 Å². The number of aromatic nitrogens is 2. The summed E-state index contributed by atoms with van der Waals surface area (Å²) >= 11 is 0. The minimum Gasteiger partial charge on any atom is -0.337 e. The van der Waals surface area contributed by atoms with Crippen molar-refractivity contribution >= 4 is 5.91 Å².